The van der Waals surface area contributed by atoms with Gasteiger partial charge in [-0.25, -0.2) is 4.98 Å². The van der Waals surface area contributed by atoms with E-state index in [1.807, 2.05) is 32.0 Å². The zero-order chi connectivity index (χ0) is 14.5. The van der Waals surface area contributed by atoms with Crippen molar-refractivity contribution in [1.29, 1.82) is 0 Å². The maximum atomic E-state index is 9.35. The molecule has 0 fully saturated rings. The number of aliphatic hydroxyl groups excluding tert-OH is 1. The maximum absolute atomic E-state index is 9.35. The summed E-state index contributed by atoms with van der Waals surface area (Å²) in [5.41, 5.74) is 1.94. The van der Waals surface area contributed by atoms with E-state index in [1.54, 1.807) is 7.11 Å². The Labute approximate surface area is 123 Å². The van der Waals surface area contributed by atoms with Crippen molar-refractivity contribution in [3.05, 3.63) is 28.8 Å². The van der Waals surface area contributed by atoms with Gasteiger partial charge in [0.2, 0.25) is 0 Å². The SMILES string of the molecule is CCOc1ccc(-c2nc(CC)c(CO)s2)cc1OC. The summed E-state index contributed by atoms with van der Waals surface area (Å²) in [7, 11) is 1.63. The minimum Gasteiger partial charge on any atom is -0.493 e. The van der Waals surface area contributed by atoms with Crippen molar-refractivity contribution < 1.29 is 14.6 Å². The number of aryl methyl sites for hydroxylation is 1. The molecular weight excluding hydrogens is 274 g/mol. The lowest BCUT2D eigenvalue weighted by Gasteiger charge is -2.09. The molecule has 108 valence electrons. The second kappa shape index (κ2) is 6.72. The van der Waals surface area contributed by atoms with Crippen LogP contribution in [0.3, 0.4) is 0 Å². The number of aliphatic hydroxyl groups is 1. The number of aromatic nitrogens is 1. The quantitative estimate of drug-likeness (QED) is 0.888. The van der Waals surface area contributed by atoms with Gasteiger partial charge in [0.05, 0.1) is 30.9 Å². The second-order valence-electron chi connectivity index (χ2n) is 4.20. The van der Waals surface area contributed by atoms with Crippen LogP contribution in [0.2, 0.25) is 0 Å². The molecule has 1 N–H and O–H groups in total. The van der Waals surface area contributed by atoms with E-state index in [1.165, 1.54) is 11.3 Å². The summed E-state index contributed by atoms with van der Waals surface area (Å²) < 4.78 is 10.9. The van der Waals surface area contributed by atoms with E-state index in [2.05, 4.69) is 4.98 Å². The fraction of sp³-hybridized carbons (Fsp3) is 0.400. The summed E-state index contributed by atoms with van der Waals surface area (Å²) >= 11 is 1.52. The van der Waals surface area contributed by atoms with E-state index in [0.717, 1.165) is 33.3 Å². The van der Waals surface area contributed by atoms with E-state index in [0.29, 0.717) is 12.4 Å². The average Bonchev–Trinajstić information content (AvgIpc) is 2.91. The lowest BCUT2D eigenvalue weighted by Crippen LogP contribution is -1.95. The van der Waals surface area contributed by atoms with Gasteiger partial charge in [-0.05, 0) is 31.5 Å². The highest BCUT2D eigenvalue weighted by molar-refractivity contribution is 7.15. The van der Waals surface area contributed by atoms with Crippen molar-refractivity contribution in [2.24, 2.45) is 0 Å². The van der Waals surface area contributed by atoms with E-state index in [4.69, 9.17) is 9.47 Å². The van der Waals surface area contributed by atoms with Crippen molar-refractivity contribution in [2.75, 3.05) is 13.7 Å². The van der Waals surface area contributed by atoms with Gasteiger partial charge in [-0.15, -0.1) is 11.3 Å². The van der Waals surface area contributed by atoms with Gasteiger partial charge >= 0.3 is 0 Å². The minimum absolute atomic E-state index is 0.0367. The molecule has 0 saturated heterocycles. The van der Waals surface area contributed by atoms with Crippen LogP contribution >= 0.6 is 11.3 Å². The lowest BCUT2D eigenvalue weighted by molar-refractivity contribution is 0.284. The van der Waals surface area contributed by atoms with Crippen LogP contribution in [0.25, 0.3) is 10.6 Å². The van der Waals surface area contributed by atoms with Gasteiger partial charge in [-0.1, -0.05) is 6.92 Å². The first-order valence-corrected chi connectivity index (χ1v) is 7.45. The number of nitrogens with zero attached hydrogens (tertiary/aromatic N) is 1. The summed E-state index contributed by atoms with van der Waals surface area (Å²) in [4.78, 5) is 5.51. The molecule has 20 heavy (non-hydrogen) atoms. The molecular formula is C15H19NO3S. The zero-order valence-corrected chi connectivity index (χ0v) is 12.8. The van der Waals surface area contributed by atoms with Crippen molar-refractivity contribution >= 4 is 11.3 Å². The molecule has 0 saturated carbocycles. The van der Waals surface area contributed by atoms with Gasteiger partial charge in [0.25, 0.3) is 0 Å². The lowest BCUT2D eigenvalue weighted by atomic mass is 10.2. The summed E-state index contributed by atoms with van der Waals surface area (Å²) in [5.74, 6) is 1.43. The second-order valence-corrected chi connectivity index (χ2v) is 5.28. The molecule has 0 atom stereocenters. The number of rotatable bonds is 6. The summed E-state index contributed by atoms with van der Waals surface area (Å²) in [6.07, 6.45) is 0.820. The number of hydrogen-bond acceptors (Lipinski definition) is 5. The molecule has 1 aromatic heterocycles. The summed E-state index contributed by atoms with van der Waals surface area (Å²) in [5, 5.41) is 10.2. The highest BCUT2D eigenvalue weighted by atomic mass is 32.1. The third kappa shape index (κ3) is 2.94. The van der Waals surface area contributed by atoms with Gasteiger partial charge in [0, 0.05) is 5.56 Å². The molecule has 2 aromatic rings. The molecule has 0 amide bonds. The van der Waals surface area contributed by atoms with Gasteiger partial charge < -0.3 is 14.6 Å². The van der Waals surface area contributed by atoms with Crippen LogP contribution in [-0.2, 0) is 13.0 Å². The van der Waals surface area contributed by atoms with E-state index >= 15 is 0 Å². The Morgan fingerprint density at radius 1 is 1.25 bits per heavy atom. The average molecular weight is 293 g/mol. The summed E-state index contributed by atoms with van der Waals surface area (Å²) in [6.45, 7) is 4.61. The van der Waals surface area contributed by atoms with Crippen LogP contribution in [0.1, 0.15) is 24.4 Å². The van der Waals surface area contributed by atoms with Crippen molar-refractivity contribution in [1.82, 2.24) is 4.98 Å². The largest absolute Gasteiger partial charge is 0.493 e. The van der Waals surface area contributed by atoms with E-state index in [-0.39, 0.29) is 6.61 Å². The van der Waals surface area contributed by atoms with Gasteiger partial charge in [-0.2, -0.15) is 0 Å². The number of hydrogen-bond donors (Lipinski definition) is 1. The molecule has 0 aliphatic heterocycles. The molecule has 0 aliphatic carbocycles. The standard InChI is InChI=1S/C15H19NO3S/c1-4-11-14(9-17)20-15(16-11)10-6-7-12(19-5-2)13(8-10)18-3/h6-8,17H,4-5,9H2,1-3H3. The Kier molecular flexibility index (Phi) is 4.98. The van der Waals surface area contributed by atoms with Crippen LogP contribution < -0.4 is 9.47 Å². The number of thiazole rings is 1. The molecule has 0 unspecified atom stereocenters. The Morgan fingerprint density at radius 3 is 2.60 bits per heavy atom. The predicted octanol–water partition coefficient (Wildman–Crippen LogP) is 3.27. The molecule has 0 spiro atoms. The molecule has 1 heterocycles. The Morgan fingerprint density at radius 2 is 2.05 bits per heavy atom. The van der Waals surface area contributed by atoms with Gasteiger partial charge in [-0.3, -0.25) is 0 Å². The zero-order valence-electron chi connectivity index (χ0n) is 12.0. The first kappa shape index (κ1) is 14.8. The highest BCUT2D eigenvalue weighted by Crippen LogP contribution is 2.35. The highest BCUT2D eigenvalue weighted by Gasteiger charge is 2.13. The molecule has 1 aromatic carbocycles. The summed E-state index contributed by atoms with van der Waals surface area (Å²) in [6, 6.07) is 5.78. The van der Waals surface area contributed by atoms with Gasteiger partial charge in [0.15, 0.2) is 11.5 Å². The molecule has 5 heteroatoms. The van der Waals surface area contributed by atoms with E-state index in [9.17, 15) is 5.11 Å². The third-order valence-corrected chi connectivity index (χ3v) is 4.10. The maximum Gasteiger partial charge on any atom is 0.161 e. The monoisotopic (exact) mass is 293 g/mol. The number of ether oxygens (including phenoxy) is 2. The molecule has 0 radical (unpaired) electrons. The van der Waals surface area contributed by atoms with E-state index < -0.39 is 0 Å². The van der Waals surface area contributed by atoms with Crippen LogP contribution in [0.5, 0.6) is 11.5 Å². The first-order chi connectivity index (χ1) is 9.73. The topological polar surface area (TPSA) is 51.6 Å². The Bertz CT molecular complexity index is 559. The van der Waals surface area contributed by atoms with Crippen LogP contribution in [0.4, 0.5) is 0 Å². The molecule has 4 nitrogen and oxygen atoms in total. The van der Waals surface area contributed by atoms with Crippen LogP contribution in [0, 0.1) is 0 Å². The molecule has 0 bridgehead atoms. The van der Waals surface area contributed by atoms with Crippen molar-refractivity contribution in [2.45, 2.75) is 26.9 Å². The first-order valence-electron chi connectivity index (χ1n) is 6.64. The number of methoxy groups -OCH3 is 1. The molecule has 0 aliphatic rings. The van der Waals surface area contributed by atoms with Crippen molar-refractivity contribution in [3.63, 3.8) is 0 Å². The molecule has 2 rings (SSSR count). The minimum atomic E-state index is 0.0367. The predicted molar refractivity (Wildman–Crippen MR) is 80.6 cm³/mol. The third-order valence-electron chi connectivity index (χ3n) is 2.97. The Hall–Kier alpha value is -1.59. The van der Waals surface area contributed by atoms with Gasteiger partial charge in [0.1, 0.15) is 5.01 Å². The fourth-order valence-electron chi connectivity index (χ4n) is 1.98. The Balaban J connectivity index is 2.39. The van der Waals surface area contributed by atoms with Crippen molar-refractivity contribution in [3.8, 4) is 22.1 Å². The fourth-order valence-corrected chi connectivity index (χ4v) is 2.99. The smallest absolute Gasteiger partial charge is 0.161 e. The van der Waals surface area contributed by atoms with Crippen LogP contribution in [-0.4, -0.2) is 23.8 Å². The normalized spacial score (nSPS) is 10.6. The van der Waals surface area contributed by atoms with Crippen LogP contribution in [0.15, 0.2) is 18.2 Å². The number of benzene rings is 1.